The second-order valence-corrected chi connectivity index (χ2v) is 9.48. The first-order chi connectivity index (χ1) is 13.2. The van der Waals surface area contributed by atoms with Gasteiger partial charge in [-0.3, -0.25) is 9.52 Å². The van der Waals surface area contributed by atoms with Gasteiger partial charge in [0.2, 0.25) is 15.9 Å². The molecule has 9 nitrogen and oxygen atoms in total. The largest absolute Gasteiger partial charge is 0.497 e. The topological polar surface area (TPSA) is 119 Å². The summed E-state index contributed by atoms with van der Waals surface area (Å²) in [5.74, 6) is -0.366. The molecule has 3 rings (SSSR count). The Morgan fingerprint density at radius 2 is 1.71 bits per heavy atom. The molecule has 0 saturated carbocycles. The van der Waals surface area contributed by atoms with Crippen molar-refractivity contribution in [1.29, 1.82) is 0 Å². The Kier molecular flexibility index (Phi) is 5.22. The Bertz CT molecular complexity index is 1110. The number of carbonyl (C=O) groups is 1. The van der Waals surface area contributed by atoms with E-state index in [1.165, 1.54) is 38.5 Å². The van der Waals surface area contributed by atoms with E-state index in [9.17, 15) is 21.6 Å². The van der Waals surface area contributed by atoms with E-state index in [4.69, 9.17) is 9.47 Å². The highest BCUT2D eigenvalue weighted by Crippen LogP contribution is 2.33. The Labute approximate surface area is 163 Å². The maximum absolute atomic E-state index is 12.9. The molecule has 1 saturated heterocycles. The summed E-state index contributed by atoms with van der Waals surface area (Å²) < 4.78 is 63.2. The van der Waals surface area contributed by atoms with Crippen LogP contribution in [0.15, 0.2) is 47.4 Å². The molecule has 0 aliphatic carbocycles. The van der Waals surface area contributed by atoms with Crippen LogP contribution in [0.3, 0.4) is 0 Å². The van der Waals surface area contributed by atoms with Crippen molar-refractivity contribution < 1.29 is 31.1 Å². The van der Waals surface area contributed by atoms with Crippen LogP contribution >= 0.6 is 0 Å². The average Bonchev–Trinajstić information content (AvgIpc) is 2.94. The van der Waals surface area contributed by atoms with E-state index in [1.807, 2.05) is 0 Å². The van der Waals surface area contributed by atoms with Crippen LogP contribution in [-0.4, -0.2) is 42.7 Å². The number of nitrogens with one attached hydrogen (secondary N) is 1. The minimum atomic E-state index is -4.13. The third kappa shape index (κ3) is 3.76. The van der Waals surface area contributed by atoms with Gasteiger partial charge in [0.25, 0.3) is 10.0 Å². The van der Waals surface area contributed by atoms with Crippen molar-refractivity contribution in [2.24, 2.45) is 0 Å². The van der Waals surface area contributed by atoms with E-state index in [-0.39, 0.29) is 34.2 Å². The molecule has 1 aliphatic heterocycles. The van der Waals surface area contributed by atoms with Gasteiger partial charge in [0.15, 0.2) is 0 Å². The standard InChI is InChI=1S/C17H18N2O7S2/c1-25-14-6-3-12(4-7-14)18-28(23,24)16-11-13(5-8-15(16)26-2)19-17(20)9-10-27(19,21)22/h3-8,11,18H,9-10H2,1-2H3. The molecule has 1 fully saturated rings. The van der Waals surface area contributed by atoms with Gasteiger partial charge in [-0.15, -0.1) is 0 Å². The van der Waals surface area contributed by atoms with Gasteiger partial charge in [0, 0.05) is 12.1 Å². The Hall–Kier alpha value is -2.79. The summed E-state index contributed by atoms with van der Waals surface area (Å²) in [5.41, 5.74) is 0.219. The number of anilines is 2. The van der Waals surface area contributed by atoms with Crippen LogP contribution in [0, 0.1) is 0 Å². The molecule has 0 atom stereocenters. The predicted octanol–water partition coefficient (Wildman–Crippen LogP) is 1.57. The van der Waals surface area contributed by atoms with Crippen molar-refractivity contribution in [2.45, 2.75) is 11.3 Å². The minimum Gasteiger partial charge on any atom is -0.497 e. The lowest BCUT2D eigenvalue weighted by molar-refractivity contribution is -0.116. The Balaban J connectivity index is 2.02. The fourth-order valence-corrected chi connectivity index (χ4v) is 5.44. The van der Waals surface area contributed by atoms with E-state index in [1.54, 1.807) is 12.1 Å². The molecule has 0 spiro atoms. The Morgan fingerprint density at radius 3 is 2.25 bits per heavy atom. The molecule has 0 bridgehead atoms. The van der Waals surface area contributed by atoms with Crippen LogP contribution in [0.4, 0.5) is 11.4 Å². The normalized spacial score (nSPS) is 16.1. The number of rotatable bonds is 6. The highest BCUT2D eigenvalue weighted by atomic mass is 32.2. The van der Waals surface area contributed by atoms with Gasteiger partial charge in [-0.1, -0.05) is 0 Å². The average molecular weight is 426 g/mol. The van der Waals surface area contributed by atoms with Gasteiger partial charge < -0.3 is 9.47 Å². The van der Waals surface area contributed by atoms with Crippen molar-refractivity contribution in [3.8, 4) is 11.5 Å². The number of ether oxygens (including phenoxy) is 2. The second-order valence-electron chi connectivity index (χ2n) is 5.89. The molecule has 0 radical (unpaired) electrons. The number of carbonyl (C=O) groups excluding carboxylic acids is 1. The number of methoxy groups -OCH3 is 2. The zero-order chi connectivity index (χ0) is 20.5. The van der Waals surface area contributed by atoms with Gasteiger partial charge >= 0.3 is 0 Å². The monoisotopic (exact) mass is 426 g/mol. The summed E-state index contributed by atoms with van der Waals surface area (Å²) >= 11 is 0. The molecule has 1 aliphatic rings. The molecule has 1 heterocycles. The highest BCUT2D eigenvalue weighted by Gasteiger charge is 2.37. The Morgan fingerprint density at radius 1 is 1.04 bits per heavy atom. The van der Waals surface area contributed by atoms with Gasteiger partial charge in [-0.25, -0.2) is 21.1 Å². The van der Waals surface area contributed by atoms with Crippen LogP contribution in [0.2, 0.25) is 0 Å². The van der Waals surface area contributed by atoms with E-state index in [2.05, 4.69) is 4.72 Å². The zero-order valence-corrected chi connectivity index (χ0v) is 16.7. The van der Waals surface area contributed by atoms with Gasteiger partial charge in [-0.2, -0.15) is 0 Å². The molecular formula is C17H18N2O7S2. The molecule has 2 aromatic carbocycles. The summed E-state index contributed by atoms with van der Waals surface area (Å²) in [6, 6.07) is 9.93. The van der Waals surface area contributed by atoms with Crippen LogP contribution in [-0.2, 0) is 24.8 Å². The summed E-state index contributed by atoms with van der Waals surface area (Å²) in [6.07, 6.45) is -0.152. The summed E-state index contributed by atoms with van der Waals surface area (Å²) in [7, 11) is -5.17. The number of benzene rings is 2. The first-order valence-electron chi connectivity index (χ1n) is 8.09. The molecule has 150 valence electrons. The third-order valence-corrected chi connectivity index (χ3v) is 7.19. The number of sulfonamides is 2. The van der Waals surface area contributed by atoms with Gasteiger partial charge in [-0.05, 0) is 42.5 Å². The number of hydrogen-bond acceptors (Lipinski definition) is 7. The molecule has 1 N–H and O–H groups in total. The van der Waals surface area contributed by atoms with E-state index in [0.717, 1.165) is 6.07 Å². The number of hydrogen-bond donors (Lipinski definition) is 1. The summed E-state index contributed by atoms with van der Waals surface area (Å²) in [4.78, 5) is 11.7. The van der Waals surface area contributed by atoms with Gasteiger partial charge in [0.1, 0.15) is 16.4 Å². The fraction of sp³-hybridized carbons (Fsp3) is 0.235. The smallest absolute Gasteiger partial charge is 0.265 e. The molecule has 11 heteroatoms. The highest BCUT2D eigenvalue weighted by molar-refractivity contribution is 7.94. The van der Waals surface area contributed by atoms with Crippen LogP contribution < -0.4 is 18.5 Å². The maximum atomic E-state index is 12.9. The lowest BCUT2D eigenvalue weighted by Gasteiger charge is -2.18. The van der Waals surface area contributed by atoms with Crippen LogP contribution in [0.25, 0.3) is 0 Å². The molecular weight excluding hydrogens is 408 g/mol. The fourth-order valence-electron chi connectivity index (χ4n) is 2.74. The first-order valence-corrected chi connectivity index (χ1v) is 11.2. The number of nitrogens with zero attached hydrogens (tertiary/aromatic N) is 1. The lowest BCUT2D eigenvalue weighted by atomic mass is 10.3. The number of amides is 1. The van der Waals surface area contributed by atoms with Crippen molar-refractivity contribution in [3.05, 3.63) is 42.5 Å². The van der Waals surface area contributed by atoms with Crippen molar-refractivity contribution in [1.82, 2.24) is 0 Å². The molecule has 1 amide bonds. The van der Waals surface area contributed by atoms with E-state index in [0.29, 0.717) is 10.1 Å². The predicted molar refractivity (Wildman–Crippen MR) is 103 cm³/mol. The SMILES string of the molecule is COc1ccc(NS(=O)(=O)c2cc(N3C(=O)CCS3(=O)=O)ccc2OC)cc1. The molecule has 28 heavy (non-hydrogen) atoms. The van der Waals surface area contributed by atoms with Crippen molar-refractivity contribution >= 4 is 37.3 Å². The second kappa shape index (κ2) is 7.32. The van der Waals surface area contributed by atoms with Crippen molar-refractivity contribution in [2.75, 3.05) is 29.0 Å². The minimum absolute atomic E-state index is 0.00815. The molecule has 2 aromatic rings. The zero-order valence-electron chi connectivity index (χ0n) is 15.1. The maximum Gasteiger partial charge on any atom is 0.265 e. The third-order valence-electron chi connectivity index (χ3n) is 4.09. The summed E-state index contributed by atoms with van der Waals surface area (Å²) in [6.45, 7) is 0. The summed E-state index contributed by atoms with van der Waals surface area (Å²) in [5, 5.41) is 0. The van der Waals surface area contributed by atoms with Crippen LogP contribution in [0.5, 0.6) is 11.5 Å². The quantitative estimate of drug-likeness (QED) is 0.745. The molecule has 0 unspecified atom stereocenters. The van der Waals surface area contributed by atoms with Crippen molar-refractivity contribution in [3.63, 3.8) is 0 Å². The first kappa shape index (κ1) is 20.0. The van der Waals surface area contributed by atoms with E-state index >= 15 is 0 Å². The molecule has 0 aromatic heterocycles. The van der Waals surface area contributed by atoms with E-state index < -0.39 is 26.0 Å². The lowest BCUT2D eigenvalue weighted by Crippen LogP contribution is -2.29. The van der Waals surface area contributed by atoms with Crippen LogP contribution in [0.1, 0.15) is 6.42 Å². The van der Waals surface area contributed by atoms with Gasteiger partial charge in [0.05, 0.1) is 25.7 Å².